The molecule has 29 heavy (non-hydrogen) atoms. The SMILES string of the molecule is O=C(Nc1ccc(Br)cc1)c1cccc2c1OCCN2c1ncc(CO)cc1Cl. The molecule has 1 aromatic heterocycles. The number of para-hydroxylation sites is 1. The van der Waals surface area contributed by atoms with Crippen molar-refractivity contribution in [2.75, 3.05) is 23.4 Å². The summed E-state index contributed by atoms with van der Waals surface area (Å²) in [4.78, 5) is 19.2. The van der Waals surface area contributed by atoms with Crippen LogP contribution in [0.25, 0.3) is 0 Å². The van der Waals surface area contributed by atoms with Crippen LogP contribution in [0.2, 0.25) is 5.02 Å². The lowest BCUT2D eigenvalue weighted by molar-refractivity contribution is 0.102. The Morgan fingerprint density at radius 1 is 1.28 bits per heavy atom. The highest BCUT2D eigenvalue weighted by molar-refractivity contribution is 9.10. The van der Waals surface area contributed by atoms with Crippen LogP contribution in [0.15, 0.2) is 59.2 Å². The first-order valence-corrected chi connectivity index (χ1v) is 10.1. The number of rotatable bonds is 4. The topological polar surface area (TPSA) is 74.7 Å². The molecule has 0 fully saturated rings. The second-order valence-corrected chi connectivity index (χ2v) is 7.74. The zero-order chi connectivity index (χ0) is 20.4. The molecular formula is C21H17BrClN3O3. The lowest BCUT2D eigenvalue weighted by atomic mass is 10.1. The van der Waals surface area contributed by atoms with Crippen molar-refractivity contribution in [3.05, 3.63) is 75.4 Å². The van der Waals surface area contributed by atoms with Crippen LogP contribution in [0.5, 0.6) is 5.75 Å². The molecule has 3 aromatic rings. The number of aliphatic hydroxyl groups is 1. The van der Waals surface area contributed by atoms with E-state index in [9.17, 15) is 9.90 Å². The van der Waals surface area contributed by atoms with Crippen molar-refractivity contribution in [2.24, 2.45) is 0 Å². The van der Waals surface area contributed by atoms with Crippen LogP contribution in [0.3, 0.4) is 0 Å². The predicted octanol–water partition coefficient (Wildman–Crippen LogP) is 4.77. The molecule has 148 valence electrons. The van der Waals surface area contributed by atoms with Crippen LogP contribution in [-0.2, 0) is 6.61 Å². The highest BCUT2D eigenvalue weighted by Crippen LogP contribution is 2.40. The maximum absolute atomic E-state index is 12.9. The van der Waals surface area contributed by atoms with Crippen molar-refractivity contribution in [3.63, 3.8) is 0 Å². The third kappa shape index (κ3) is 4.07. The molecule has 0 atom stereocenters. The quantitative estimate of drug-likeness (QED) is 0.570. The summed E-state index contributed by atoms with van der Waals surface area (Å²) in [5.41, 5.74) is 2.46. The fraction of sp³-hybridized carbons (Fsp3) is 0.143. The van der Waals surface area contributed by atoms with E-state index >= 15 is 0 Å². The Labute approximate surface area is 181 Å². The number of aliphatic hydroxyl groups excluding tert-OH is 1. The van der Waals surface area contributed by atoms with Gasteiger partial charge in [-0.15, -0.1) is 0 Å². The largest absolute Gasteiger partial charge is 0.489 e. The number of carbonyl (C=O) groups is 1. The fourth-order valence-corrected chi connectivity index (χ4v) is 3.69. The predicted molar refractivity (Wildman–Crippen MR) is 116 cm³/mol. The fourth-order valence-electron chi connectivity index (χ4n) is 3.13. The van der Waals surface area contributed by atoms with Gasteiger partial charge in [0.2, 0.25) is 0 Å². The van der Waals surface area contributed by atoms with Gasteiger partial charge in [-0.2, -0.15) is 0 Å². The number of pyridine rings is 1. The van der Waals surface area contributed by atoms with E-state index in [1.807, 2.05) is 35.2 Å². The number of ether oxygens (including phenoxy) is 1. The second kappa shape index (κ2) is 8.41. The summed E-state index contributed by atoms with van der Waals surface area (Å²) in [5.74, 6) is 0.775. The average molecular weight is 475 g/mol. The van der Waals surface area contributed by atoms with Crippen molar-refractivity contribution in [2.45, 2.75) is 6.61 Å². The summed E-state index contributed by atoms with van der Waals surface area (Å²) in [6, 6.07) is 14.4. The number of benzene rings is 2. The van der Waals surface area contributed by atoms with E-state index in [0.717, 1.165) is 4.47 Å². The zero-order valence-electron chi connectivity index (χ0n) is 15.2. The van der Waals surface area contributed by atoms with Crippen molar-refractivity contribution >= 4 is 50.6 Å². The maximum atomic E-state index is 12.9. The van der Waals surface area contributed by atoms with Gasteiger partial charge in [0.25, 0.3) is 5.91 Å². The number of carbonyl (C=O) groups excluding carboxylic acids is 1. The standard InChI is InChI=1S/C21H17BrClN3O3/c22-14-4-6-15(7-5-14)25-21(28)16-2-1-3-18-19(16)29-9-8-26(18)20-17(23)10-13(12-27)11-24-20/h1-7,10-11,27H,8-9,12H2,(H,25,28). The molecule has 1 aliphatic heterocycles. The minimum atomic E-state index is -0.263. The van der Waals surface area contributed by atoms with Crippen LogP contribution in [-0.4, -0.2) is 29.1 Å². The molecule has 0 spiro atoms. The van der Waals surface area contributed by atoms with Gasteiger partial charge >= 0.3 is 0 Å². The molecular weight excluding hydrogens is 458 g/mol. The van der Waals surface area contributed by atoms with Crippen LogP contribution in [0, 0.1) is 0 Å². The highest BCUT2D eigenvalue weighted by atomic mass is 79.9. The van der Waals surface area contributed by atoms with Gasteiger partial charge in [-0.3, -0.25) is 4.79 Å². The Kier molecular flexibility index (Phi) is 5.71. The monoisotopic (exact) mass is 473 g/mol. The van der Waals surface area contributed by atoms with Gasteiger partial charge in [0.05, 0.1) is 29.4 Å². The van der Waals surface area contributed by atoms with E-state index in [2.05, 4.69) is 26.2 Å². The van der Waals surface area contributed by atoms with Gasteiger partial charge in [-0.1, -0.05) is 33.6 Å². The van der Waals surface area contributed by atoms with E-state index in [1.54, 1.807) is 24.4 Å². The molecule has 1 aliphatic rings. The molecule has 0 saturated carbocycles. The van der Waals surface area contributed by atoms with Gasteiger partial charge in [0.15, 0.2) is 11.6 Å². The van der Waals surface area contributed by atoms with Crippen LogP contribution in [0.1, 0.15) is 15.9 Å². The zero-order valence-corrected chi connectivity index (χ0v) is 17.6. The Balaban J connectivity index is 1.67. The van der Waals surface area contributed by atoms with E-state index in [0.29, 0.717) is 52.2 Å². The second-order valence-electron chi connectivity index (χ2n) is 6.42. The number of aromatic nitrogens is 1. The number of hydrogen-bond acceptors (Lipinski definition) is 5. The number of halogens is 2. The Morgan fingerprint density at radius 3 is 2.79 bits per heavy atom. The molecule has 2 N–H and O–H groups in total. The van der Waals surface area contributed by atoms with E-state index in [1.165, 1.54) is 0 Å². The molecule has 0 unspecified atom stereocenters. The van der Waals surface area contributed by atoms with E-state index in [-0.39, 0.29) is 12.5 Å². The third-order valence-corrected chi connectivity index (χ3v) is 5.32. The third-order valence-electron chi connectivity index (χ3n) is 4.51. The molecule has 0 radical (unpaired) electrons. The molecule has 1 amide bonds. The minimum absolute atomic E-state index is 0.132. The maximum Gasteiger partial charge on any atom is 0.259 e. The van der Waals surface area contributed by atoms with Gasteiger partial charge < -0.3 is 20.1 Å². The van der Waals surface area contributed by atoms with Crippen LogP contribution >= 0.6 is 27.5 Å². The molecule has 8 heteroatoms. The molecule has 2 aromatic carbocycles. The van der Waals surface area contributed by atoms with Gasteiger partial charge in [-0.25, -0.2) is 4.98 Å². The number of hydrogen-bond donors (Lipinski definition) is 2. The number of nitrogens with one attached hydrogen (secondary N) is 1. The van der Waals surface area contributed by atoms with Crippen LogP contribution in [0.4, 0.5) is 17.2 Å². The first kappa shape index (κ1) is 19.7. The van der Waals surface area contributed by atoms with E-state index < -0.39 is 0 Å². The lowest BCUT2D eigenvalue weighted by Crippen LogP contribution is -2.30. The molecule has 0 saturated heterocycles. The van der Waals surface area contributed by atoms with Gasteiger partial charge in [-0.05, 0) is 48.0 Å². The van der Waals surface area contributed by atoms with Crippen molar-refractivity contribution in [3.8, 4) is 5.75 Å². The average Bonchev–Trinajstić information content (AvgIpc) is 2.74. The van der Waals surface area contributed by atoms with Crippen molar-refractivity contribution < 1.29 is 14.6 Å². The Morgan fingerprint density at radius 2 is 2.07 bits per heavy atom. The Hall–Kier alpha value is -2.61. The minimum Gasteiger partial charge on any atom is -0.489 e. The smallest absolute Gasteiger partial charge is 0.259 e. The summed E-state index contributed by atoms with van der Waals surface area (Å²) in [5, 5.41) is 12.6. The molecule has 2 heterocycles. The number of fused-ring (bicyclic) bond motifs is 1. The van der Waals surface area contributed by atoms with Crippen molar-refractivity contribution in [1.82, 2.24) is 4.98 Å². The first-order chi connectivity index (χ1) is 14.1. The van der Waals surface area contributed by atoms with Crippen LogP contribution < -0.4 is 15.0 Å². The number of amides is 1. The van der Waals surface area contributed by atoms with E-state index in [4.69, 9.17) is 16.3 Å². The molecule has 0 aliphatic carbocycles. The van der Waals surface area contributed by atoms with Gasteiger partial charge in [0, 0.05) is 16.4 Å². The number of anilines is 3. The highest BCUT2D eigenvalue weighted by Gasteiger charge is 2.26. The summed E-state index contributed by atoms with van der Waals surface area (Å²) in [7, 11) is 0. The first-order valence-electron chi connectivity index (χ1n) is 8.92. The molecule has 0 bridgehead atoms. The number of nitrogens with zero attached hydrogens (tertiary/aromatic N) is 2. The summed E-state index contributed by atoms with van der Waals surface area (Å²) in [6.07, 6.45) is 1.58. The summed E-state index contributed by atoms with van der Waals surface area (Å²) >= 11 is 9.77. The normalized spacial score (nSPS) is 12.9. The lowest BCUT2D eigenvalue weighted by Gasteiger charge is -2.32. The van der Waals surface area contributed by atoms with Crippen molar-refractivity contribution in [1.29, 1.82) is 0 Å². The molecule has 4 rings (SSSR count). The van der Waals surface area contributed by atoms with Gasteiger partial charge in [0.1, 0.15) is 6.61 Å². The summed E-state index contributed by atoms with van der Waals surface area (Å²) < 4.78 is 6.78. The Bertz CT molecular complexity index is 1060. The summed E-state index contributed by atoms with van der Waals surface area (Å²) in [6.45, 7) is 0.790. The molecule has 6 nitrogen and oxygen atoms in total.